The molecule has 3 heteroatoms. The maximum atomic E-state index is 5.28. The highest BCUT2D eigenvalue weighted by molar-refractivity contribution is 5.64. The first-order valence-electron chi connectivity index (χ1n) is 5.40. The van der Waals surface area contributed by atoms with E-state index in [0.717, 1.165) is 22.7 Å². The summed E-state index contributed by atoms with van der Waals surface area (Å²) in [5.41, 5.74) is 2.95. The molecular weight excluding hydrogens is 214 g/mol. The van der Waals surface area contributed by atoms with E-state index < -0.39 is 0 Å². The van der Waals surface area contributed by atoms with Crippen molar-refractivity contribution < 1.29 is 9.47 Å². The number of rotatable bonds is 3. The van der Waals surface area contributed by atoms with E-state index in [2.05, 4.69) is 4.98 Å². The molecule has 0 fully saturated rings. The number of pyridine rings is 1. The summed E-state index contributed by atoms with van der Waals surface area (Å²) < 4.78 is 10.5. The summed E-state index contributed by atoms with van der Waals surface area (Å²) in [6.45, 7) is 1.98. The van der Waals surface area contributed by atoms with Crippen LogP contribution >= 0.6 is 0 Å². The number of ether oxygens (including phenoxy) is 2. The number of aryl methyl sites for hydroxylation is 1. The number of hydrogen-bond acceptors (Lipinski definition) is 3. The normalized spacial score (nSPS) is 10.1. The van der Waals surface area contributed by atoms with Crippen molar-refractivity contribution in [3.63, 3.8) is 0 Å². The number of benzene rings is 1. The Morgan fingerprint density at radius 2 is 1.71 bits per heavy atom. The molecule has 0 saturated carbocycles. The zero-order valence-electron chi connectivity index (χ0n) is 10.2. The highest BCUT2D eigenvalue weighted by atomic mass is 16.5. The molecule has 1 aromatic carbocycles. The second-order valence-electron chi connectivity index (χ2n) is 3.73. The van der Waals surface area contributed by atoms with Gasteiger partial charge in [0.25, 0.3) is 0 Å². The number of nitrogens with zero attached hydrogens (tertiary/aromatic N) is 1. The van der Waals surface area contributed by atoms with E-state index in [9.17, 15) is 0 Å². The van der Waals surface area contributed by atoms with Gasteiger partial charge in [0.1, 0.15) is 0 Å². The molecule has 88 valence electrons. The molecule has 3 nitrogen and oxygen atoms in total. The zero-order chi connectivity index (χ0) is 12.3. The largest absolute Gasteiger partial charge is 0.493 e. The van der Waals surface area contributed by atoms with Crippen molar-refractivity contribution in [1.82, 2.24) is 4.98 Å². The smallest absolute Gasteiger partial charge is 0.161 e. The second kappa shape index (κ2) is 4.87. The SMILES string of the molecule is COc1ccc(-c2cccc(C)n2)cc1OC. The molecule has 0 aliphatic rings. The van der Waals surface area contributed by atoms with Gasteiger partial charge in [-0.2, -0.15) is 0 Å². The first-order valence-corrected chi connectivity index (χ1v) is 5.40. The Bertz CT molecular complexity index is 523. The first-order chi connectivity index (χ1) is 8.24. The van der Waals surface area contributed by atoms with Crippen LogP contribution < -0.4 is 9.47 Å². The van der Waals surface area contributed by atoms with Crippen LogP contribution in [0.3, 0.4) is 0 Å². The fourth-order valence-electron chi connectivity index (χ4n) is 1.70. The summed E-state index contributed by atoms with van der Waals surface area (Å²) in [6.07, 6.45) is 0. The van der Waals surface area contributed by atoms with Crippen LogP contribution in [-0.2, 0) is 0 Å². The molecule has 0 N–H and O–H groups in total. The van der Waals surface area contributed by atoms with Crippen LogP contribution in [0.25, 0.3) is 11.3 Å². The summed E-state index contributed by atoms with van der Waals surface area (Å²) in [7, 11) is 3.26. The Labute approximate surface area is 101 Å². The molecule has 1 aromatic heterocycles. The minimum absolute atomic E-state index is 0.716. The van der Waals surface area contributed by atoms with Gasteiger partial charge in [-0.3, -0.25) is 4.98 Å². The van der Waals surface area contributed by atoms with E-state index in [1.54, 1.807) is 14.2 Å². The minimum atomic E-state index is 0.716. The lowest BCUT2D eigenvalue weighted by molar-refractivity contribution is 0.355. The predicted octanol–water partition coefficient (Wildman–Crippen LogP) is 3.07. The zero-order valence-corrected chi connectivity index (χ0v) is 10.2. The van der Waals surface area contributed by atoms with Gasteiger partial charge < -0.3 is 9.47 Å². The second-order valence-corrected chi connectivity index (χ2v) is 3.73. The van der Waals surface area contributed by atoms with Crippen molar-refractivity contribution >= 4 is 0 Å². The van der Waals surface area contributed by atoms with E-state index in [-0.39, 0.29) is 0 Å². The summed E-state index contributed by atoms with van der Waals surface area (Å²) in [5.74, 6) is 1.44. The van der Waals surface area contributed by atoms with Crippen LogP contribution in [0.4, 0.5) is 0 Å². The quantitative estimate of drug-likeness (QED) is 0.810. The first kappa shape index (κ1) is 11.5. The van der Waals surface area contributed by atoms with Crippen molar-refractivity contribution in [2.75, 3.05) is 14.2 Å². The Kier molecular flexibility index (Phi) is 3.28. The van der Waals surface area contributed by atoms with Gasteiger partial charge in [-0.05, 0) is 37.3 Å². The standard InChI is InChI=1S/C14H15NO2/c1-10-5-4-6-12(15-10)11-7-8-13(16-2)14(9-11)17-3/h4-9H,1-3H3. The van der Waals surface area contributed by atoms with Crippen LogP contribution in [0, 0.1) is 6.92 Å². The Hall–Kier alpha value is -2.03. The molecule has 0 atom stereocenters. The Morgan fingerprint density at radius 1 is 0.941 bits per heavy atom. The molecule has 2 rings (SSSR count). The van der Waals surface area contributed by atoms with Gasteiger partial charge in [0.05, 0.1) is 19.9 Å². The van der Waals surface area contributed by atoms with E-state index in [1.807, 2.05) is 43.3 Å². The van der Waals surface area contributed by atoms with Gasteiger partial charge in [0, 0.05) is 11.3 Å². The molecule has 0 saturated heterocycles. The van der Waals surface area contributed by atoms with Crippen LogP contribution in [-0.4, -0.2) is 19.2 Å². The van der Waals surface area contributed by atoms with Crippen LogP contribution in [0.15, 0.2) is 36.4 Å². The molecule has 0 bridgehead atoms. The van der Waals surface area contributed by atoms with Crippen LogP contribution in [0.1, 0.15) is 5.69 Å². The molecule has 17 heavy (non-hydrogen) atoms. The van der Waals surface area contributed by atoms with E-state index in [0.29, 0.717) is 5.75 Å². The molecule has 0 amide bonds. The van der Waals surface area contributed by atoms with Gasteiger partial charge in [0.15, 0.2) is 11.5 Å². The third-order valence-corrected chi connectivity index (χ3v) is 2.57. The average Bonchev–Trinajstić information content (AvgIpc) is 2.38. The Morgan fingerprint density at radius 3 is 2.35 bits per heavy atom. The van der Waals surface area contributed by atoms with Crippen molar-refractivity contribution in [3.05, 3.63) is 42.1 Å². The van der Waals surface area contributed by atoms with Crippen LogP contribution in [0.2, 0.25) is 0 Å². The molecule has 1 heterocycles. The van der Waals surface area contributed by atoms with Gasteiger partial charge in [-0.1, -0.05) is 6.07 Å². The van der Waals surface area contributed by atoms with Crippen molar-refractivity contribution in [2.24, 2.45) is 0 Å². The average molecular weight is 229 g/mol. The number of methoxy groups -OCH3 is 2. The number of aromatic nitrogens is 1. The molecule has 0 aliphatic heterocycles. The molecule has 0 aliphatic carbocycles. The van der Waals surface area contributed by atoms with E-state index in [4.69, 9.17) is 9.47 Å². The molecule has 2 aromatic rings. The molecular formula is C14H15NO2. The maximum Gasteiger partial charge on any atom is 0.161 e. The fraction of sp³-hybridized carbons (Fsp3) is 0.214. The van der Waals surface area contributed by atoms with E-state index in [1.165, 1.54) is 0 Å². The molecule has 0 spiro atoms. The van der Waals surface area contributed by atoms with Gasteiger partial charge in [0.2, 0.25) is 0 Å². The summed E-state index contributed by atoms with van der Waals surface area (Å²) >= 11 is 0. The lowest BCUT2D eigenvalue weighted by atomic mass is 10.1. The maximum absolute atomic E-state index is 5.28. The van der Waals surface area contributed by atoms with Gasteiger partial charge >= 0.3 is 0 Å². The van der Waals surface area contributed by atoms with Gasteiger partial charge in [-0.25, -0.2) is 0 Å². The summed E-state index contributed by atoms with van der Waals surface area (Å²) in [4.78, 5) is 4.48. The molecule has 0 radical (unpaired) electrons. The third kappa shape index (κ3) is 2.38. The highest BCUT2D eigenvalue weighted by Crippen LogP contribution is 2.31. The number of hydrogen-bond donors (Lipinski definition) is 0. The van der Waals surface area contributed by atoms with Crippen molar-refractivity contribution in [1.29, 1.82) is 0 Å². The molecule has 0 unspecified atom stereocenters. The van der Waals surface area contributed by atoms with Crippen molar-refractivity contribution in [3.8, 4) is 22.8 Å². The topological polar surface area (TPSA) is 31.4 Å². The van der Waals surface area contributed by atoms with E-state index >= 15 is 0 Å². The predicted molar refractivity (Wildman–Crippen MR) is 67.5 cm³/mol. The monoisotopic (exact) mass is 229 g/mol. The van der Waals surface area contributed by atoms with Gasteiger partial charge in [-0.15, -0.1) is 0 Å². The highest BCUT2D eigenvalue weighted by Gasteiger charge is 2.06. The fourth-order valence-corrected chi connectivity index (χ4v) is 1.70. The lowest BCUT2D eigenvalue weighted by Crippen LogP contribution is -1.92. The summed E-state index contributed by atoms with van der Waals surface area (Å²) in [5, 5.41) is 0. The lowest BCUT2D eigenvalue weighted by Gasteiger charge is -2.09. The summed E-state index contributed by atoms with van der Waals surface area (Å²) in [6, 6.07) is 11.7. The Balaban J connectivity index is 2.46. The van der Waals surface area contributed by atoms with Crippen LogP contribution in [0.5, 0.6) is 11.5 Å². The third-order valence-electron chi connectivity index (χ3n) is 2.57. The van der Waals surface area contributed by atoms with Crippen molar-refractivity contribution in [2.45, 2.75) is 6.92 Å². The minimum Gasteiger partial charge on any atom is -0.493 e.